The monoisotopic (exact) mass is 251 g/mol. The van der Waals surface area contributed by atoms with E-state index in [1.54, 1.807) is 6.07 Å². The fourth-order valence-corrected chi connectivity index (χ4v) is 2.74. The van der Waals surface area contributed by atoms with Gasteiger partial charge in [0.2, 0.25) is 0 Å². The minimum atomic E-state index is -0.528. The van der Waals surface area contributed by atoms with Gasteiger partial charge in [-0.1, -0.05) is 19.9 Å². The molecule has 0 aliphatic carbocycles. The fourth-order valence-electron chi connectivity index (χ4n) is 2.74. The average Bonchev–Trinajstić information content (AvgIpc) is 2.57. The molecule has 1 heterocycles. The van der Waals surface area contributed by atoms with Gasteiger partial charge in [-0.25, -0.2) is 4.39 Å². The van der Waals surface area contributed by atoms with E-state index in [0.29, 0.717) is 12.0 Å². The Morgan fingerprint density at radius 2 is 2.17 bits per heavy atom. The Hall–Kier alpha value is -0.930. The molecule has 0 amide bonds. The van der Waals surface area contributed by atoms with Crippen molar-refractivity contribution in [3.8, 4) is 0 Å². The third kappa shape index (κ3) is 3.09. The molecule has 1 fully saturated rings. The van der Waals surface area contributed by atoms with Crippen LogP contribution in [0.2, 0.25) is 0 Å². The molecule has 0 radical (unpaired) electrons. The van der Waals surface area contributed by atoms with Crippen molar-refractivity contribution < 1.29 is 9.50 Å². The first kappa shape index (κ1) is 13.5. The van der Waals surface area contributed by atoms with Gasteiger partial charge >= 0.3 is 0 Å². The first-order valence-corrected chi connectivity index (χ1v) is 6.54. The van der Waals surface area contributed by atoms with Crippen LogP contribution in [-0.4, -0.2) is 29.6 Å². The zero-order chi connectivity index (χ0) is 13.3. The molecule has 2 nitrogen and oxygen atoms in total. The van der Waals surface area contributed by atoms with Crippen LogP contribution in [-0.2, 0) is 0 Å². The van der Waals surface area contributed by atoms with E-state index < -0.39 is 6.10 Å². The van der Waals surface area contributed by atoms with Crippen molar-refractivity contribution in [2.75, 3.05) is 19.6 Å². The number of aliphatic hydroxyl groups is 1. The highest BCUT2D eigenvalue weighted by molar-refractivity contribution is 5.28. The molecule has 0 bridgehead atoms. The normalized spacial score (nSPS) is 21.2. The van der Waals surface area contributed by atoms with Crippen molar-refractivity contribution in [2.45, 2.75) is 33.3 Å². The molecule has 1 N–H and O–H groups in total. The molecule has 1 saturated heterocycles. The van der Waals surface area contributed by atoms with Crippen molar-refractivity contribution in [1.29, 1.82) is 0 Å². The van der Waals surface area contributed by atoms with E-state index in [9.17, 15) is 9.50 Å². The van der Waals surface area contributed by atoms with Crippen LogP contribution in [0.25, 0.3) is 0 Å². The largest absolute Gasteiger partial charge is 0.387 e. The van der Waals surface area contributed by atoms with Crippen molar-refractivity contribution in [3.63, 3.8) is 0 Å². The quantitative estimate of drug-likeness (QED) is 0.893. The van der Waals surface area contributed by atoms with Crippen LogP contribution < -0.4 is 0 Å². The van der Waals surface area contributed by atoms with Gasteiger partial charge in [0, 0.05) is 13.1 Å². The molecule has 1 aromatic carbocycles. The zero-order valence-electron chi connectivity index (χ0n) is 11.4. The summed E-state index contributed by atoms with van der Waals surface area (Å²) in [5.74, 6) is -0.245. The van der Waals surface area contributed by atoms with Crippen LogP contribution in [0.15, 0.2) is 18.2 Å². The molecule has 1 aromatic rings. The number of aliphatic hydroxyl groups excluding tert-OH is 1. The minimum absolute atomic E-state index is 0.245. The summed E-state index contributed by atoms with van der Waals surface area (Å²) in [6, 6.07) is 4.59. The van der Waals surface area contributed by atoms with Crippen molar-refractivity contribution >= 4 is 0 Å². The Balaban J connectivity index is 2.02. The van der Waals surface area contributed by atoms with E-state index in [2.05, 4.69) is 18.7 Å². The molecule has 100 valence electrons. The number of halogens is 1. The summed E-state index contributed by atoms with van der Waals surface area (Å²) in [7, 11) is 0. The average molecular weight is 251 g/mol. The first-order valence-electron chi connectivity index (χ1n) is 6.54. The Bertz CT molecular complexity index is 431. The Kier molecular flexibility index (Phi) is 3.74. The van der Waals surface area contributed by atoms with E-state index in [1.165, 1.54) is 18.6 Å². The maximum atomic E-state index is 13.0. The van der Waals surface area contributed by atoms with Gasteiger partial charge in [-0.05, 0) is 48.6 Å². The van der Waals surface area contributed by atoms with E-state index >= 15 is 0 Å². The lowest BCUT2D eigenvalue weighted by molar-refractivity contribution is 0.120. The topological polar surface area (TPSA) is 23.5 Å². The summed E-state index contributed by atoms with van der Waals surface area (Å²) in [4.78, 5) is 2.29. The summed E-state index contributed by atoms with van der Waals surface area (Å²) < 4.78 is 13.0. The predicted octanol–water partition coefficient (Wildman–Crippen LogP) is 2.90. The highest BCUT2D eigenvalue weighted by Gasteiger charge is 2.30. The van der Waals surface area contributed by atoms with Crippen LogP contribution >= 0.6 is 0 Å². The highest BCUT2D eigenvalue weighted by atomic mass is 19.1. The molecule has 1 atom stereocenters. The van der Waals surface area contributed by atoms with Crippen LogP contribution in [0.3, 0.4) is 0 Å². The van der Waals surface area contributed by atoms with Crippen LogP contribution in [0.1, 0.15) is 37.5 Å². The third-order valence-corrected chi connectivity index (χ3v) is 3.78. The lowest BCUT2D eigenvalue weighted by Crippen LogP contribution is -2.28. The zero-order valence-corrected chi connectivity index (χ0v) is 11.4. The summed E-state index contributed by atoms with van der Waals surface area (Å²) in [5, 5.41) is 10.3. The van der Waals surface area contributed by atoms with Gasteiger partial charge in [-0.3, -0.25) is 4.90 Å². The second-order valence-electron chi connectivity index (χ2n) is 6.17. The smallest absolute Gasteiger partial charge is 0.123 e. The highest BCUT2D eigenvalue weighted by Crippen LogP contribution is 2.30. The number of β-amino-alcohol motifs (C(OH)–C–C–N with tert-alkyl or cyclic N) is 1. The number of rotatable bonds is 3. The molecular weight excluding hydrogens is 229 g/mol. The van der Waals surface area contributed by atoms with Crippen LogP contribution in [0, 0.1) is 18.2 Å². The van der Waals surface area contributed by atoms with Crippen molar-refractivity contribution in [1.82, 2.24) is 4.90 Å². The summed E-state index contributed by atoms with van der Waals surface area (Å²) in [6.45, 7) is 9.03. The summed E-state index contributed by atoms with van der Waals surface area (Å²) in [5.41, 5.74) is 2.00. The van der Waals surface area contributed by atoms with Gasteiger partial charge in [0.25, 0.3) is 0 Å². The number of nitrogens with zero attached hydrogens (tertiary/aromatic N) is 1. The molecule has 3 heteroatoms. The molecule has 0 aromatic heterocycles. The standard InChI is InChI=1S/C15H22FNO/c1-11-8-12(16)4-5-13(11)14(18)9-17-7-6-15(2,3)10-17/h4-5,8,14,18H,6-7,9-10H2,1-3H3. The van der Waals surface area contributed by atoms with Crippen molar-refractivity contribution in [2.24, 2.45) is 5.41 Å². The predicted molar refractivity (Wildman–Crippen MR) is 70.9 cm³/mol. The molecule has 1 unspecified atom stereocenters. The molecule has 1 aliphatic rings. The van der Waals surface area contributed by atoms with Crippen LogP contribution in [0.5, 0.6) is 0 Å². The maximum absolute atomic E-state index is 13.0. The van der Waals surface area contributed by atoms with Gasteiger partial charge in [-0.2, -0.15) is 0 Å². The second kappa shape index (κ2) is 4.98. The number of likely N-dealkylation sites (tertiary alicyclic amines) is 1. The Morgan fingerprint density at radius 1 is 1.44 bits per heavy atom. The first-order chi connectivity index (χ1) is 8.37. The van der Waals surface area contributed by atoms with Gasteiger partial charge in [0.15, 0.2) is 0 Å². The van der Waals surface area contributed by atoms with Gasteiger partial charge in [0.1, 0.15) is 5.82 Å². The number of benzene rings is 1. The number of hydrogen-bond donors (Lipinski definition) is 1. The van der Waals surface area contributed by atoms with E-state index in [-0.39, 0.29) is 5.82 Å². The van der Waals surface area contributed by atoms with Crippen LogP contribution in [0.4, 0.5) is 4.39 Å². The lowest BCUT2D eigenvalue weighted by Gasteiger charge is -2.23. The SMILES string of the molecule is Cc1cc(F)ccc1C(O)CN1CCC(C)(C)C1. The van der Waals surface area contributed by atoms with Crippen molar-refractivity contribution in [3.05, 3.63) is 35.1 Å². The molecule has 18 heavy (non-hydrogen) atoms. The molecule has 0 saturated carbocycles. The van der Waals surface area contributed by atoms with Gasteiger partial charge in [-0.15, -0.1) is 0 Å². The van der Waals surface area contributed by atoms with Gasteiger partial charge < -0.3 is 5.11 Å². The van der Waals surface area contributed by atoms with E-state index in [4.69, 9.17) is 0 Å². The van der Waals surface area contributed by atoms with E-state index in [1.807, 2.05) is 6.92 Å². The Labute approximate surface area is 108 Å². The molecule has 2 rings (SSSR count). The summed E-state index contributed by atoms with van der Waals surface area (Å²) in [6.07, 6.45) is 0.641. The third-order valence-electron chi connectivity index (χ3n) is 3.78. The second-order valence-corrected chi connectivity index (χ2v) is 6.17. The maximum Gasteiger partial charge on any atom is 0.123 e. The van der Waals surface area contributed by atoms with E-state index in [0.717, 1.165) is 24.2 Å². The number of aryl methyl sites for hydroxylation is 1. The fraction of sp³-hybridized carbons (Fsp3) is 0.600. The minimum Gasteiger partial charge on any atom is -0.387 e. The molecule has 1 aliphatic heterocycles. The Morgan fingerprint density at radius 3 is 2.72 bits per heavy atom. The molecular formula is C15H22FNO. The number of hydrogen-bond acceptors (Lipinski definition) is 2. The lowest BCUT2D eigenvalue weighted by atomic mass is 9.93. The molecule has 0 spiro atoms. The summed E-state index contributed by atoms with van der Waals surface area (Å²) >= 11 is 0. The van der Waals surface area contributed by atoms with Gasteiger partial charge in [0.05, 0.1) is 6.10 Å².